The van der Waals surface area contributed by atoms with Crippen LogP contribution >= 0.6 is 11.6 Å². The van der Waals surface area contributed by atoms with Crippen molar-refractivity contribution in [3.8, 4) is 5.75 Å². The van der Waals surface area contributed by atoms with Crippen LogP contribution in [0.4, 0.5) is 5.69 Å². The molecule has 12 heteroatoms. The molecule has 4 bridgehead atoms. The summed E-state index contributed by atoms with van der Waals surface area (Å²) in [5, 5.41) is 3.05. The summed E-state index contributed by atoms with van der Waals surface area (Å²) in [6, 6.07) is 9.87. The van der Waals surface area contributed by atoms with Gasteiger partial charge in [-0.2, -0.15) is 4.89 Å². The second-order valence-corrected chi connectivity index (χ2v) is 13.3. The van der Waals surface area contributed by atoms with Gasteiger partial charge in [0.25, 0.3) is 5.79 Å². The van der Waals surface area contributed by atoms with Crippen LogP contribution in [0.2, 0.25) is 5.02 Å². The topological polar surface area (TPSA) is 161 Å². The van der Waals surface area contributed by atoms with Crippen molar-refractivity contribution in [1.29, 1.82) is 0 Å². The lowest BCUT2D eigenvalue weighted by Gasteiger charge is -2.68. The number of hydrogen-bond acceptors (Lipinski definition) is 9. The van der Waals surface area contributed by atoms with E-state index in [1.165, 1.54) is 19.6 Å². The van der Waals surface area contributed by atoms with Crippen LogP contribution in [0.25, 0.3) is 6.08 Å². The highest BCUT2D eigenvalue weighted by Crippen LogP contribution is 2.70. The van der Waals surface area contributed by atoms with Gasteiger partial charge in [0.05, 0.1) is 18.2 Å². The Morgan fingerprint density at radius 1 is 1.02 bits per heavy atom. The number of nitrogens with two attached hydrogens (primary N) is 2. The molecule has 46 heavy (non-hydrogen) atoms. The molecule has 2 atom stereocenters. The number of carbonyl (C=O) groups is 3. The van der Waals surface area contributed by atoms with Gasteiger partial charge < -0.3 is 31.0 Å². The normalized spacial score (nSPS) is 29.8. The molecule has 11 nitrogen and oxygen atoms in total. The first-order chi connectivity index (χ1) is 22.1. The molecular formula is C34H40ClN3O8. The van der Waals surface area contributed by atoms with Crippen molar-refractivity contribution in [2.75, 3.05) is 19.5 Å². The Morgan fingerprint density at radius 2 is 1.70 bits per heavy atom. The minimum Gasteiger partial charge on any atom is -0.487 e. The highest BCUT2D eigenvalue weighted by molar-refractivity contribution is 6.33. The minimum absolute atomic E-state index is 0.0269. The number of benzene rings is 2. The Balaban J connectivity index is 1.25. The number of carbonyl (C=O) groups excluding carboxylic acids is 3. The second-order valence-electron chi connectivity index (χ2n) is 12.9. The highest BCUT2D eigenvalue weighted by Gasteiger charge is 2.77. The van der Waals surface area contributed by atoms with Crippen LogP contribution in [0.3, 0.4) is 0 Å². The van der Waals surface area contributed by atoms with Gasteiger partial charge in [-0.15, -0.1) is 0 Å². The molecule has 5 fully saturated rings. The number of amides is 2. The maximum Gasteiger partial charge on any atom is 0.330 e. The Bertz CT molecular complexity index is 1500. The number of primary amides is 1. The number of hydrogen-bond donors (Lipinski definition) is 3. The zero-order valence-corrected chi connectivity index (χ0v) is 26.7. The molecule has 0 radical (unpaired) electrons. The third-order valence-electron chi connectivity index (χ3n) is 10.2. The fourth-order valence-corrected chi connectivity index (χ4v) is 8.51. The zero-order chi connectivity index (χ0) is 32.6. The van der Waals surface area contributed by atoms with E-state index in [-0.39, 0.29) is 19.4 Å². The van der Waals surface area contributed by atoms with Gasteiger partial charge in [0.1, 0.15) is 12.4 Å². The van der Waals surface area contributed by atoms with Gasteiger partial charge in [-0.05, 0) is 86.0 Å². The van der Waals surface area contributed by atoms with E-state index < -0.39 is 35.2 Å². The van der Waals surface area contributed by atoms with Crippen LogP contribution in [0.5, 0.6) is 5.75 Å². The maximum absolute atomic E-state index is 12.4. The molecule has 4 saturated carbocycles. The van der Waals surface area contributed by atoms with Crippen molar-refractivity contribution in [2.24, 2.45) is 35.1 Å². The molecule has 7 rings (SSSR count). The van der Waals surface area contributed by atoms with Crippen molar-refractivity contribution < 1.29 is 38.4 Å². The first-order valence-electron chi connectivity index (χ1n) is 15.7. The van der Waals surface area contributed by atoms with Crippen molar-refractivity contribution in [2.45, 2.75) is 69.0 Å². The molecule has 5 aliphatic rings. The Kier molecular flexibility index (Phi) is 9.15. The average Bonchev–Trinajstić information content (AvgIpc) is 3.03. The summed E-state index contributed by atoms with van der Waals surface area (Å²) in [5.74, 6) is -0.272. The van der Waals surface area contributed by atoms with Crippen molar-refractivity contribution in [3.63, 3.8) is 0 Å². The van der Waals surface area contributed by atoms with Gasteiger partial charge in [0.15, 0.2) is 5.60 Å². The molecule has 5 N–H and O–H groups in total. The largest absolute Gasteiger partial charge is 0.487 e. The average molecular weight is 654 g/mol. The molecule has 1 saturated heterocycles. The summed E-state index contributed by atoms with van der Waals surface area (Å²) in [4.78, 5) is 47.4. The maximum atomic E-state index is 12.4. The van der Waals surface area contributed by atoms with Gasteiger partial charge in [-0.1, -0.05) is 35.9 Å². The summed E-state index contributed by atoms with van der Waals surface area (Å²) >= 11 is 7.18. The first kappa shape index (κ1) is 32.5. The van der Waals surface area contributed by atoms with E-state index in [9.17, 15) is 14.4 Å². The van der Waals surface area contributed by atoms with Gasteiger partial charge >= 0.3 is 5.97 Å². The standard InChI is InChI=1S/C34H40ClN3O8/c1-42-29(40)12-6-22-5-9-26(34(43-2)33(45-46-34)23-14-20-13-21(16-23)17-24(33)15-20)30(35)31(22)44-18-19-3-7-25(8-4-19)38-32(41)27(36)10-11-28(37)39/h3-9,12,20-21,23-24,27H,10-11,13-18,36H2,1-2H3,(H2,37,39)(H,38,41)/b12-6+/t20?,21?,23?,24?,27-,33?,34?/m0/s1. The van der Waals surface area contributed by atoms with Gasteiger partial charge in [0, 0.05) is 36.4 Å². The van der Waals surface area contributed by atoms with Crippen molar-refractivity contribution in [3.05, 3.63) is 64.2 Å². The molecular weight excluding hydrogens is 614 g/mol. The lowest BCUT2D eigenvalue weighted by Crippen LogP contribution is -2.76. The van der Waals surface area contributed by atoms with E-state index in [2.05, 4.69) is 5.32 Å². The van der Waals surface area contributed by atoms with Crippen LogP contribution in [-0.2, 0) is 46.0 Å². The summed E-state index contributed by atoms with van der Waals surface area (Å²) in [5.41, 5.74) is 12.9. The third-order valence-corrected chi connectivity index (χ3v) is 10.6. The predicted octanol–water partition coefficient (Wildman–Crippen LogP) is 4.59. The Morgan fingerprint density at radius 3 is 2.26 bits per heavy atom. The molecule has 1 unspecified atom stereocenters. The van der Waals surface area contributed by atoms with E-state index in [0.29, 0.717) is 51.3 Å². The lowest BCUT2D eigenvalue weighted by molar-refractivity contribution is -0.645. The van der Waals surface area contributed by atoms with Gasteiger partial charge in [-0.25, -0.2) is 9.68 Å². The molecule has 0 aromatic heterocycles. The number of halogens is 1. The van der Waals surface area contributed by atoms with E-state index in [1.54, 1.807) is 37.5 Å². The highest BCUT2D eigenvalue weighted by atomic mass is 35.5. The number of anilines is 1. The predicted molar refractivity (Wildman–Crippen MR) is 169 cm³/mol. The molecule has 2 amide bonds. The quantitative estimate of drug-likeness (QED) is 0.169. The fourth-order valence-electron chi connectivity index (χ4n) is 8.16. The zero-order valence-electron chi connectivity index (χ0n) is 26.0. The van der Waals surface area contributed by atoms with Crippen LogP contribution < -0.4 is 21.5 Å². The summed E-state index contributed by atoms with van der Waals surface area (Å²) in [6.07, 6.45) is 8.70. The smallest absolute Gasteiger partial charge is 0.330 e. The van der Waals surface area contributed by atoms with Crippen LogP contribution in [0.1, 0.15) is 61.6 Å². The Hall–Kier alpha value is -3.48. The number of nitrogens with one attached hydrogen (secondary N) is 1. The first-order valence-corrected chi connectivity index (χ1v) is 16.1. The molecule has 1 aliphatic heterocycles. The SMILES string of the molecule is COC(=O)/C=C/c1ccc(C2(OC)OOC23C2CC4CC(C2)CC3C4)c(Cl)c1OCc1ccc(NC(=O)[C@@H](N)CCC(N)=O)cc1. The van der Waals surface area contributed by atoms with Crippen LogP contribution in [0.15, 0.2) is 42.5 Å². The number of methoxy groups -OCH3 is 2. The lowest BCUT2D eigenvalue weighted by atomic mass is 9.47. The Labute approximate surface area is 272 Å². The second kappa shape index (κ2) is 13.0. The summed E-state index contributed by atoms with van der Waals surface area (Å²) < 4.78 is 17.4. The third kappa shape index (κ3) is 5.68. The monoisotopic (exact) mass is 653 g/mol. The van der Waals surface area contributed by atoms with E-state index >= 15 is 0 Å². The molecule has 2 aromatic carbocycles. The van der Waals surface area contributed by atoms with Gasteiger partial charge in [0.2, 0.25) is 11.8 Å². The molecule has 4 aliphatic carbocycles. The number of esters is 1. The van der Waals surface area contributed by atoms with Crippen molar-refractivity contribution in [1.82, 2.24) is 0 Å². The van der Waals surface area contributed by atoms with E-state index in [0.717, 1.165) is 31.2 Å². The van der Waals surface area contributed by atoms with Crippen molar-refractivity contribution >= 4 is 41.1 Å². The number of rotatable bonds is 12. The molecule has 1 heterocycles. The fraction of sp³-hybridized carbons (Fsp3) is 0.500. The number of ether oxygens (including phenoxy) is 3. The molecule has 1 spiro atoms. The van der Waals surface area contributed by atoms with E-state index in [1.807, 2.05) is 12.1 Å². The molecule has 246 valence electrons. The van der Waals surface area contributed by atoms with Gasteiger partial charge in [-0.3, -0.25) is 9.59 Å². The van der Waals surface area contributed by atoms with E-state index in [4.69, 9.17) is 47.1 Å². The van der Waals surface area contributed by atoms with Crippen LogP contribution in [0, 0.1) is 23.7 Å². The summed E-state index contributed by atoms with van der Waals surface area (Å²) in [6.45, 7) is 0.131. The summed E-state index contributed by atoms with van der Waals surface area (Å²) in [7, 11) is 2.93. The minimum atomic E-state index is -1.20. The molecule has 2 aromatic rings. The van der Waals surface area contributed by atoms with Crippen LogP contribution in [-0.4, -0.2) is 43.6 Å².